The number of esters is 1. The van der Waals surface area contributed by atoms with E-state index in [0.717, 1.165) is 22.3 Å². The van der Waals surface area contributed by atoms with Crippen LogP contribution in [0.15, 0.2) is 88.9 Å². The van der Waals surface area contributed by atoms with E-state index in [4.69, 9.17) is 4.74 Å². The van der Waals surface area contributed by atoms with E-state index in [1.54, 1.807) is 34.5 Å². The standard InChI is InChI=1S/C27H25FN4O3S2/c1-19-11-13-21(14-12-19)36-16-15-29-24(33)17-35-25(34)18-37-27-31-30-26(22-9-5-6-10-23(22)28)32(27)20-7-3-2-4-8-20/h2-14H,15-18H2,1H3,(H,29,33). The molecule has 1 N–H and O–H groups in total. The highest BCUT2D eigenvalue weighted by molar-refractivity contribution is 7.99. The normalized spacial score (nSPS) is 10.8. The molecule has 0 fully saturated rings. The van der Waals surface area contributed by atoms with Gasteiger partial charge in [-0.2, -0.15) is 0 Å². The maximum Gasteiger partial charge on any atom is 0.316 e. The van der Waals surface area contributed by atoms with Gasteiger partial charge >= 0.3 is 5.97 Å². The Balaban J connectivity index is 1.29. The molecule has 3 aromatic carbocycles. The minimum absolute atomic E-state index is 0.0845. The lowest BCUT2D eigenvalue weighted by Gasteiger charge is -2.11. The molecule has 1 heterocycles. The number of rotatable bonds is 11. The monoisotopic (exact) mass is 536 g/mol. The topological polar surface area (TPSA) is 86.1 Å². The molecule has 37 heavy (non-hydrogen) atoms. The summed E-state index contributed by atoms with van der Waals surface area (Å²) in [7, 11) is 0. The van der Waals surface area contributed by atoms with Crippen molar-refractivity contribution < 1.29 is 18.7 Å². The molecule has 0 saturated carbocycles. The number of carbonyl (C=O) groups is 2. The summed E-state index contributed by atoms with van der Waals surface area (Å²) >= 11 is 2.74. The third-order valence-electron chi connectivity index (χ3n) is 5.16. The zero-order valence-electron chi connectivity index (χ0n) is 20.1. The van der Waals surface area contributed by atoms with Gasteiger partial charge in [0.1, 0.15) is 5.82 Å². The minimum Gasteiger partial charge on any atom is -0.455 e. The number of aryl methyl sites for hydroxylation is 1. The van der Waals surface area contributed by atoms with E-state index in [2.05, 4.69) is 15.5 Å². The molecular weight excluding hydrogens is 511 g/mol. The molecule has 7 nitrogen and oxygen atoms in total. The number of nitrogens with one attached hydrogen (secondary N) is 1. The molecule has 0 unspecified atom stereocenters. The predicted octanol–water partition coefficient (Wildman–Crippen LogP) is 4.93. The number of halogens is 1. The molecule has 10 heteroatoms. The van der Waals surface area contributed by atoms with E-state index < -0.39 is 11.8 Å². The van der Waals surface area contributed by atoms with Crippen LogP contribution >= 0.6 is 23.5 Å². The van der Waals surface area contributed by atoms with Crippen molar-refractivity contribution in [3.8, 4) is 17.1 Å². The molecule has 4 rings (SSSR count). The fourth-order valence-electron chi connectivity index (χ4n) is 3.35. The fraction of sp³-hybridized carbons (Fsp3) is 0.185. The zero-order chi connectivity index (χ0) is 26.0. The molecule has 0 spiro atoms. The van der Waals surface area contributed by atoms with Crippen molar-refractivity contribution >= 4 is 35.4 Å². The quantitative estimate of drug-likeness (QED) is 0.165. The van der Waals surface area contributed by atoms with Crippen molar-refractivity contribution in [2.24, 2.45) is 0 Å². The zero-order valence-corrected chi connectivity index (χ0v) is 21.7. The minimum atomic E-state index is -0.566. The van der Waals surface area contributed by atoms with E-state index in [1.807, 2.05) is 61.5 Å². The Hall–Kier alpha value is -3.63. The Morgan fingerprint density at radius 2 is 1.68 bits per heavy atom. The number of carbonyl (C=O) groups excluding carboxylic acids is 2. The van der Waals surface area contributed by atoms with Crippen molar-refractivity contribution in [2.75, 3.05) is 24.7 Å². The van der Waals surface area contributed by atoms with Gasteiger partial charge in [-0.25, -0.2) is 4.39 Å². The van der Waals surface area contributed by atoms with E-state index in [1.165, 1.54) is 11.6 Å². The van der Waals surface area contributed by atoms with Crippen molar-refractivity contribution in [3.05, 3.63) is 90.2 Å². The van der Waals surface area contributed by atoms with Crippen LogP contribution in [0.3, 0.4) is 0 Å². The van der Waals surface area contributed by atoms with Crippen LogP contribution in [0.2, 0.25) is 0 Å². The first-order chi connectivity index (χ1) is 18.0. The highest BCUT2D eigenvalue weighted by Gasteiger charge is 2.20. The van der Waals surface area contributed by atoms with Gasteiger partial charge in [-0.05, 0) is 43.3 Å². The highest BCUT2D eigenvalue weighted by Crippen LogP contribution is 2.29. The van der Waals surface area contributed by atoms with Crippen LogP contribution < -0.4 is 5.32 Å². The Morgan fingerprint density at radius 1 is 0.946 bits per heavy atom. The number of ether oxygens (including phenoxy) is 1. The molecule has 0 bridgehead atoms. The summed E-state index contributed by atoms with van der Waals surface area (Å²) in [5.41, 5.74) is 2.22. The van der Waals surface area contributed by atoms with Gasteiger partial charge in [0.05, 0.1) is 11.3 Å². The number of aromatic nitrogens is 3. The van der Waals surface area contributed by atoms with Crippen LogP contribution in [0.5, 0.6) is 0 Å². The molecule has 0 aliphatic rings. The number of nitrogens with zero attached hydrogens (tertiary/aromatic N) is 3. The van der Waals surface area contributed by atoms with Gasteiger partial charge in [0.15, 0.2) is 17.6 Å². The number of thioether (sulfide) groups is 2. The van der Waals surface area contributed by atoms with Crippen LogP contribution in [0.4, 0.5) is 4.39 Å². The van der Waals surface area contributed by atoms with Gasteiger partial charge in [0, 0.05) is 22.9 Å². The average Bonchev–Trinajstić information content (AvgIpc) is 3.34. The Kier molecular flexibility index (Phi) is 9.34. The first-order valence-corrected chi connectivity index (χ1v) is 13.5. The van der Waals surface area contributed by atoms with Crippen LogP contribution in [0.25, 0.3) is 17.1 Å². The lowest BCUT2D eigenvalue weighted by atomic mass is 10.2. The second-order valence-corrected chi connectivity index (χ2v) is 10.0. The summed E-state index contributed by atoms with van der Waals surface area (Å²) in [6.45, 7) is 2.13. The second-order valence-electron chi connectivity index (χ2n) is 7.92. The SMILES string of the molecule is Cc1ccc(SCCNC(=O)COC(=O)CSc2nnc(-c3ccccc3F)n2-c2ccccc2)cc1. The summed E-state index contributed by atoms with van der Waals surface area (Å²) in [6.07, 6.45) is 0. The molecule has 0 saturated heterocycles. The third-order valence-corrected chi connectivity index (χ3v) is 7.08. The number of benzene rings is 3. The molecule has 190 valence electrons. The molecule has 0 aliphatic carbocycles. The molecule has 1 amide bonds. The summed E-state index contributed by atoms with van der Waals surface area (Å²) in [5, 5.41) is 11.5. The maximum atomic E-state index is 14.5. The van der Waals surface area contributed by atoms with E-state index in [-0.39, 0.29) is 18.3 Å². The van der Waals surface area contributed by atoms with Gasteiger partial charge in [0.2, 0.25) is 0 Å². The van der Waals surface area contributed by atoms with Crippen molar-refractivity contribution in [2.45, 2.75) is 17.0 Å². The van der Waals surface area contributed by atoms with Gasteiger partial charge in [-0.1, -0.05) is 59.8 Å². The predicted molar refractivity (Wildman–Crippen MR) is 143 cm³/mol. The molecule has 1 aromatic heterocycles. The molecule has 4 aromatic rings. The first-order valence-electron chi connectivity index (χ1n) is 11.5. The van der Waals surface area contributed by atoms with E-state index >= 15 is 0 Å². The summed E-state index contributed by atoms with van der Waals surface area (Å²) in [6, 6.07) is 23.7. The Bertz CT molecular complexity index is 1350. The molecule has 0 radical (unpaired) electrons. The van der Waals surface area contributed by atoms with Crippen LogP contribution in [-0.2, 0) is 14.3 Å². The van der Waals surface area contributed by atoms with Gasteiger partial charge in [0.25, 0.3) is 5.91 Å². The number of para-hydroxylation sites is 1. The van der Waals surface area contributed by atoms with Crippen molar-refractivity contribution in [1.29, 1.82) is 0 Å². The Morgan fingerprint density at radius 3 is 2.43 bits per heavy atom. The lowest BCUT2D eigenvalue weighted by molar-refractivity contribution is -0.145. The van der Waals surface area contributed by atoms with E-state index in [0.29, 0.717) is 28.8 Å². The lowest BCUT2D eigenvalue weighted by Crippen LogP contribution is -2.30. The highest BCUT2D eigenvalue weighted by atomic mass is 32.2. The van der Waals surface area contributed by atoms with Crippen molar-refractivity contribution in [1.82, 2.24) is 20.1 Å². The summed E-state index contributed by atoms with van der Waals surface area (Å²) < 4.78 is 21.3. The fourth-order valence-corrected chi connectivity index (χ4v) is 4.86. The van der Waals surface area contributed by atoms with Crippen LogP contribution in [0, 0.1) is 12.7 Å². The largest absolute Gasteiger partial charge is 0.455 e. The van der Waals surface area contributed by atoms with E-state index in [9.17, 15) is 14.0 Å². The third kappa shape index (κ3) is 7.43. The number of hydrogen-bond acceptors (Lipinski definition) is 7. The Labute approximate surface area is 222 Å². The van der Waals surface area contributed by atoms with Gasteiger partial charge in [-0.3, -0.25) is 14.2 Å². The number of amides is 1. The van der Waals surface area contributed by atoms with Crippen LogP contribution in [-0.4, -0.2) is 51.3 Å². The first kappa shape index (κ1) is 26.4. The van der Waals surface area contributed by atoms with Gasteiger partial charge < -0.3 is 10.1 Å². The molecule has 0 atom stereocenters. The van der Waals surface area contributed by atoms with Gasteiger partial charge in [-0.15, -0.1) is 22.0 Å². The second kappa shape index (κ2) is 13.1. The molecular formula is C27H25FN4O3S2. The van der Waals surface area contributed by atoms with Crippen molar-refractivity contribution in [3.63, 3.8) is 0 Å². The average molecular weight is 537 g/mol. The summed E-state index contributed by atoms with van der Waals surface area (Å²) in [4.78, 5) is 25.5. The molecule has 0 aliphatic heterocycles. The maximum absolute atomic E-state index is 14.5. The smallest absolute Gasteiger partial charge is 0.316 e. The number of hydrogen-bond donors (Lipinski definition) is 1. The summed E-state index contributed by atoms with van der Waals surface area (Å²) in [5.74, 6) is -0.410. The van der Waals surface area contributed by atoms with Crippen LogP contribution in [0.1, 0.15) is 5.56 Å².